The van der Waals surface area contributed by atoms with Gasteiger partial charge in [-0.05, 0) is 30.3 Å². The molecule has 134 valence electrons. The molecule has 1 aromatic heterocycles. The molecule has 0 radical (unpaired) electrons. The van der Waals surface area contributed by atoms with Crippen LogP contribution in [-0.4, -0.2) is 29.1 Å². The molecule has 0 fully saturated rings. The molecule has 0 saturated heterocycles. The van der Waals surface area contributed by atoms with Crippen LogP contribution in [0.1, 0.15) is 15.9 Å². The topological polar surface area (TPSA) is 97.9 Å². The summed E-state index contributed by atoms with van der Waals surface area (Å²) >= 11 is 0. The largest absolute Gasteiger partial charge is 0.508 e. The van der Waals surface area contributed by atoms with Crippen molar-refractivity contribution in [3.63, 3.8) is 0 Å². The van der Waals surface area contributed by atoms with E-state index in [1.54, 1.807) is 18.2 Å². The zero-order valence-corrected chi connectivity index (χ0v) is 13.9. The van der Waals surface area contributed by atoms with Gasteiger partial charge in [-0.2, -0.15) is 0 Å². The summed E-state index contributed by atoms with van der Waals surface area (Å²) in [6, 6.07) is 9.43. The van der Waals surface area contributed by atoms with Crippen LogP contribution in [0.5, 0.6) is 23.0 Å². The lowest BCUT2D eigenvalue weighted by Gasteiger charge is -2.18. The maximum atomic E-state index is 12.5. The summed E-state index contributed by atoms with van der Waals surface area (Å²) in [7, 11) is 0. The standard InChI is InChI=1S/C20H13NO6/c22-12-1-2-13-15(8-12)27-18(19(13)23)7-11-5-10-6-16-17(26-4-3-25-16)9-14(10)21-20(11)24/h1-2,5-9,22H,3-4H2,(H,21,24). The number of allylic oxidation sites excluding steroid dienone is 1. The number of carbonyl (C=O) groups excluding carboxylic acids is 1. The number of Topliss-reactive ketones (excluding diaryl/α,β-unsaturated/α-hetero) is 1. The molecule has 2 aliphatic rings. The van der Waals surface area contributed by atoms with E-state index in [0.29, 0.717) is 35.8 Å². The Hall–Kier alpha value is -3.74. The molecule has 0 aliphatic carbocycles. The van der Waals surface area contributed by atoms with Gasteiger partial charge in [0.2, 0.25) is 5.78 Å². The van der Waals surface area contributed by atoms with Gasteiger partial charge in [0.1, 0.15) is 24.7 Å². The first kappa shape index (κ1) is 15.5. The van der Waals surface area contributed by atoms with Crippen molar-refractivity contribution in [2.45, 2.75) is 0 Å². The van der Waals surface area contributed by atoms with E-state index >= 15 is 0 Å². The lowest BCUT2D eigenvalue weighted by molar-refractivity contribution is 0.101. The van der Waals surface area contributed by atoms with Crippen molar-refractivity contribution >= 4 is 22.8 Å². The zero-order chi connectivity index (χ0) is 18.5. The van der Waals surface area contributed by atoms with Gasteiger partial charge in [0.05, 0.1) is 11.1 Å². The second-order valence-corrected chi connectivity index (χ2v) is 6.26. The Morgan fingerprint density at radius 2 is 1.74 bits per heavy atom. The van der Waals surface area contributed by atoms with Crippen LogP contribution in [-0.2, 0) is 0 Å². The van der Waals surface area contributed by atoms with E-state index in [1.165, 1.54) is 24.3 Å². The highest BCUT2D eigenvalue weighted by atomic mass is 16.6. The Balaban J connectivity index is 1.59. The van der Waals surface area contributed by atoms with E-state index in [-0.39, 0.29) is 34.2 Å². The van der Waals surface area contributed by atoms with Gasteiger partial charge in [0.15, 0.2) is 17.3 Å². The summed E-state index contributed by atoms with van der Waals surface area (Å²) in [5.41, 5.74) is 0.871. The average Bonchev–Trinajstić information content (AvgIpc) is 2.95. The number of hydrogen-bond acceptors (Lipinski definition) is 6. The molecule has 2 aromatic carbocycles. The Bertz CT molecular complexity index is 1210. The number of phenolic OH excluding ortho intramolecular Hbond substituents is 1. The number of carbonyl (C=O) groups is 1. The first-order valence-corrected chi connectivity index (χ1v) is 8.32. The second-order valence-electron chi connectivity index (χ2n) is 6.26. The Kier molecular flexibility index (Phi) is 3.24. The number of hydrogen-bond donors (Lipinski definition) is 2. The molecule has 7 nitrogen and oxygen atoms in total. The molecule has 0 amide bonds. The van der Waals surface area contributed by atoms with E-state index in [9.17, 15) is 14.7 Å². The van der Waals surface area contributed by atoms with Crippen LogP contribution in [0, 0.1) is 0 Å². The summed E-state index contributed by atoms with van der Waals surface area (Å²) in [5, 5.41) is 10.3. The van der Waals surface area contributed by atoms with E-state index in [0.717, 1.165) is 5.39 Å². The molecule has 2 aliphatic heterocycles. The van der Waals surface area contributed by atoms with E-state index < -0.39 is 0 Å². The Morgan fingerprint density at radius 1 is 0.963 bits per heavy atom. The second kappa shape index (κ2) is 5.63. The van der Waals surface area contributed by atoms with Crippen molar-refractivity contribution in [3.8, 4) is 23.0 Å². The van der Waals surface area contributed by atoms with Crippen molar-refractivity contribution in [2.24, 2.45) is 0 Å². The van der Waals surface area contributed by atoms with Crippen molar-refractivity contribution in [1.29, 1.82) is 0 Å². The lowest BCUT2D eigenvalue weighted by Crippen LogP contribution is -2.16. The predicted molar refractivity (Wildman–Crippen MR) is 96.6 cm³/mol. The molecule has 0 saturated carbocycles. The molecule has 7 heteroatoms. The first-order valence-electron chi connectivity index (χ1n) is 8.32. The van der Waals surface area contributed by atoms with E-state index in [1.807, 2.05) is 0 Å². The molecule has 0 spiro atoms. The average molecular weight is 363 g/mol. The SMILES string of the molecule is O=C1C(=Cc2cc3cc4c(cc3[nH]c2=O)OCCO4)Oc2cc(O)ccc21. The third-order valence-corrected chi connectivity index (χ3v) is 4.48. The number of benzene rings is 2. The number of ether oxygens (including phenoxy) is 3. The smallest absolute Gasteiger partial charge is 0.255 e. The van der Waals surface area contributed by atoms with Gasteiger partial charge in [-0.25, -0.2) is 0 Å². The fourth-order valence-corrected chi connectivity index (χ4v) is 3.18. The summed E-state index contributed by atoms with van der Waals surface area (Å²) in [5.74, 6) is 1.14. The van der Waals surface area contributed by atoms with Crippen molar-refractivity contribution < 1.29 is 24.1 Å². The highest BCUT2D eigenvalue weighted by molar-refractivity contribution is 6.14. The number of aromatic nitrogens is 1. The molecular weight excluding hydrogens is 350 g/mol. The number of nitrogens with one attached hydrogen (secondary N) is 1. The fourth-order valence-electron chi connectivity index (χ4n) is 3.18. The van der Waals surface area contributed by atoms with Crippen LogP contribution >= 0.6 is 0 Å². The molecule has 3 aromatic rings. The number of ketones is 1. The van der Waals surface area contributed by atoms with Crippen LogP contribution in [0.3, 0.4) is 0 Å². The van der Waals surface area contributed by atoms with Gasteiger partial charge in [-0.3, -0.25) is 9.59 Å². The third-order valence-electron chi connectivity index (χ3n) is 4.48. The molecule has 27 heavy (non-hydrogen) atoms. The minimum Gasteiger partial charge on any atom is -0.508 e. The first-order chi connectivity index (χ1) is 13.1. The highest BCUT2D eigenvalue weighted by Gasteiger charge is 2.28. The number of aromatic hydroxyl groups is 1. The van der Waals surface area contributed by atoms with Crippen LogP contribution in [0.2, 0.25) is 0 Å². The number of H-pyrrole nitrogens is 1. The van der Waals surface area contributed by atoms with Gasteiger partial charge in [0, 0.05) is 23.1 Å². The Labute approximate surface area is 152 Å². The van der Waals surface area contributed by atoms with Crippen LogP contribution in [0.15, 0.2) is 47.0 Å². The fraction of sp³-hybridized carbons (Fsp3) is 0.100. The lowest BCUT2D eigenvalue weighted by atomic mass is 10.1. The maximum Gasteiger partial charge on any atom is 0.255 e. The van der Waals surface area contributed by atoms with Crippen LogP contribution in [0.25, 0.3) is 17.0 Å². The van der Waals surface area contributed by atoms with Gasteiger partial charge < -0.3 is 24.3 Å². The quantitative estimate of drug-likeness (QED) is 0.645. The molecule has 3 heterocycles. The summed E-state index contributed by atoms with van der Waals surface area (Å²) < 4.78 is 16.6. The van der Waals surface area contributed by atoms with Crippen LogP contribution < -0.4 is 19.8 Å². The number of fused-ring (bicyclic) bond motifs is 3. The normalized spacial score (nSPS) is 16.4. The number of phenols is 1. The minimum atomic E-state index is -0.359. The third kappa shape index (κ3) is 2.52. The molecule has 0 atom stereocenters. The summed E-state index contributed by atoms with van der Waals surface area (Å²) in [6.07, 6.45) is 1.40. The maximum absolute atomic E-state index is 12.5. The molecule has 2 N–H and O–H groups in total. The highest BCUT2D eigenvalue weighted by Crippen LogP contribution is 2.35. The van der Waals surface area contributed by atoms with Crippen molar-refractivity contribution in [3.05, 3.63) is 63.6 Å². The predicted octanol–water partition coefficient (Wildman–Crippen LogP) is 2.62. The van der Waals surface area contributed by atoms with Gasteiger partial charge in [0.25, 0.3) is 5.56 Å². The van der Waals surface area contributed by atoms with Gasteiger partial charge in [-0.1, -0.05) is 0 Å². The van der Waals surface area contributed by atoms with Gasteiger partial charge >= 0.3 is 0 Å². The van der Waals surface area contributed by atoms with E-state index in [4.69, 9.17) is 14.2 Å². The number of pyridine rings is 1. The van der Waals surface area contributed by atoms with Gasteiger partial charge in [-0.15, -0.1) is 0 Å². The Morgan fingerprint density at radius 3 is 2.56 bits per heavy atom. The summed E-state index contributed by atoms with van der Waals surface area (Å²) in [6.45, 7) is 0.925. The summed E-state index contributed by atoms with van der Waals surface area (Å²) in [4.78, 5) is 27.7. The number of aromatic amines is 1. The molecule has 0 unspecified atom stereocenters. The van der Waals surface area contributed by atoms with Crippen LogP contribution in [0.4, 0.5) is 0 Å². The monoisotopic (exact) mass is 363 g/mol. The minimum absolute atomic E-state index is 0.00153. The molecule has 0 bridgehead atoms. The number of rotatable bonds is 1. The zero-order valence-electron chi connectivity index (χ0n) is 13.9. The van der Waals surface area contributed by atoms with Crippen molar-refractivity contribution in [2.75, 3.05) is 13.2 Å². The van der Waals surface area contributed by atoms with Crippen molar-refractivity contribution in [1.82, 2.24) is 4.98 Å². The molecular formula is C20H13NO6. The molecule has 5 rings (SSSR count). The van der Waals surface area contributed by atoms with E-state index in [2.05, 4.69) is 4.98 Å².